The molecule has 2 aromatic rings. The van der Waals surface area contributed by atoms with Crippen LogP contribution in [-0.2, 0) is 17.6 Å². The predicted octanol–water partition coefficient (Wildman–Crippen LogP) is 3.72. The van der Waals surface area contributed by atoms with Crippen LogP contribution >= 0.6 is 15.9 Å². The molecule has 5 nitrogen and oxygen atoms in total. The fourth-order valence-electron chi connectivity index (χ4n) is 4.25. The number of halogens is 1. The number of aromatic nitrogens is 1. The van der Waals surface area contributed by atoms with E-state index < -0.39 is 0 Å². The van der Waals surface area contributed by atoms with Gasteiger partial charge in [-0.3, -0.25) is 14.3 Å². The van der Waals surface area contributed by atoms with E-state index in [1.165, 1.54) is 11.8 Å². The molecule has 0 amide bonds. The number of hydrogen-bond donors (Lipinski definition) is 0. The molecule has 0 spiro atoms. The lowest BCUT2D eigenvalue weighted by Gasteiger charge is -2.33. The monoisotopic (exact) mass is 428 g/mol. The second-order valence-electron chi connectivity index (χ2n) is 7.20. The van der Waals surface area contributed by atoms with E-state index in [1.807, 2.05) is 0 Å². The van der Waals surface area contributed by atoms with Crippen LogP contribution in [0.4, 0.5) is 0 Å². The number of fused-ring (bicyclic) bond motifs is 2. The van der Waals surface area contributed by atoms with Gasteiger partial charge >= 0.3 is 0 Å². The smallest absolute Gasteiger partial charge is 0.298 e. The van der Waals surface area contributed by atoms with E-state index in [2.05, 4.69) is 40.5 Å². The van der Waals surface area contributed by atoms with E-state index in [-0.39, 0.29) is 17.9 Å². The van der Waals surface area contributed by atoms with Gasteiger partial charge < -0.3 is 9.21 Å². The third-order valence-electron chi connectivity index (χ3n) is 5.62. The van der Waals surface area contributed by atoms with E-state index in [9.17, 15) is 9.59 Å². The summed E-state index contributed by atoms with van der Waals surface area (Å²) in [5.41, 5.74) is 4.37. The van der Waals surface area contributed by atoms with Crippen molar-refractivity contribution in [1.29, 1.82) is 0 Å². The van der Waals surface area contributed by atoms with E-state index >= 15 is 0 Å². The lowest BCUT2D eigenvalue weighted by Crippen LogP contribution is -2.39. The first-order chi connectivity index (χ1) is 13.0. The molecule has 0 saturated heterocycles. The van der Waals surface area contributed by atoms with Crippen molar-refractivity contribution >= 4 is 34.2 Å². The van der Waals surface area contributed by atoms with Crippen LogP contribution in [0.15, 0.2) is 45.6 Å². The van der Waals surface area contributed by atoms with E-state index in [0.29, 0.717) is 5.76 Å². The van der Waals surface area contributed by atoms with Gasteiger partial charge in [0.05, 0.1) is 16.6 Å². The summed E-state index contributed by atoms with van der Waals surface area (Å²) in [4.78, 5) is 26.5. The van der Waals surface area contributed by atoms with Crippen molar-refractivity contribution in [3.05, 3.63) is 63.8 Å². The third-order valence-corrected chi connectivity index (χ3v) is 6.46. The molecule has 2 aliphatic rings. The van der Waals surface area contributed by atoms with Gasteiger partial charge in [-0.2, -0.15) is 0 Å². The Morgan fingerprint density at radius 2 is 2.22 bits per heavy atom. The summed E-state index contributed by atoms with van der Waals surface area (Å²) in [6, 6.07) is 3.62. The fourth-order valence-corrected chi connectivity index (χ4v) is 5.00. The lowest BCUT2D eigenvalue weighted by molar-refractivity contribution is -0.111. The van der Waals surface area contributed by atoms with Gasteiger partial charge in [0.2, 0.25) is 0 Å². The van der Waals surface area contributed by atoms with E-state index in [0.717, 1.165) is 53.5 Å². The molecule has 0 radical (unpaired) electrons. The topological polar surface area (TPSA) is 55.5 Å². The summed E-state index contributed by atoms with van der Waals surface area (Å²) in [5.74, 6) is 0.125. The Morgan fingerprint density at radius 1 is 1.41 bits per heavy atom. The van der Waals surface area contributed by atoms with Crippen molar-refractivity contribution in [2.75, 3.05) is 13.6 Å². The number of aldehydes is 1. The molecule has 140 valence electrons. The number of allylic oxidation sites excluding steroid dienone is 1. The largest absolute Gasteiger partial charge is 0.459 e. The average Bonchev–Trinajstić information content (AvgIpc) is 3.26. The highest BCUT2D eigenvalue weighted by molar-refractivity contribution is 9.10. The summed E-state index contributed by atoms with van der Waals surface area (Å²) in [6.07, 6.45) is 8.82. The normalized spacial score (nSPS) is 22.4. The zero-order valence-electron chi connectivity index (χ0n) is 15.2. The highest BCUT2D eigenvalue weighted by Crippen LogP contribution is 2.39. The maximum atomic E-state index is 13.0. The van der Waals surface area contributed by atoms with Gasteiger partial charge in [0.25, 0.3) is 5.91 Å². The molecule has 1 aliphatic carbocycles. The van der Waals surface area contributed by atoms with Crippen molar-refractivity contribution in [2.24, 2.45) is 5.92 Å². The molecule has 1 aliphatic heterocycles. The Morgan fingerprint density at radius 3 is 2.89 bits per heavy atom. The van der Waals surface area contributed by atoms with Gasteiger partial charge in [0.1, 0.15) is 6.29 Å². The zero-order chi connectivity index (χ0) is 19.1. The Balaban J connectivity index is 1.79. The van der Waals surface area contributed by atoms with Crippen LogP contribution in [-0.4, -0.2) is 41.3 Å². The van der Waals surface area contributed by atoms with Crippen LogP contribution in [0.3, 0.4) is 0 Å². The quantitative estimate of drug-likeness (QED) is 0.552. The standard InChI is InChI=1S/C21H21BrN2O3/c1-3-17-15-9-14-7-6-13(12-25)11-23(2)18(14)10-16(15)20(22)24(17)21(26)19-5-4-8-27-19/h3-5,7-8,12-13,18H,1,6,9-11H2,2H3/t13-,18?/m1/s1. The van der Waals surface area contributed by atoms with Gasteiger partial charge in [-0.05, 0) is 71.6 Å². The first-order valence-corrected chi connectivity index (χ1v) is 9.81. The fraction of sp³-hybridized carbons (Fsp3) is 0.333. The molecule has 2 aromatic heterocycles. The van der Waals surface area contributed by atoms with Crippen LogP contribution in [0.2, 0.25) is 0 Å². The molecule has 27 heavy (non-hydrogen) atoms. The second-order valence-corrected chi connectivity index (χ2v) is 7.95. The number of carbonyl (C=O) groups is 2. The number of nitrogens with zero attached hydrogens (tertiary/aromatic N) is 2. The Hall–Kier alpha value is -2.18. The summed E-state index contributed by atoms with van der Waals surface area (Å²) in [7, 11) is 2.07. The van der Waals surface area contributed by atoms with Crippen LogP contribution in [0, 0.1) is 5.92 Å². The molecule has 0 bridgehead atoms. The number of rotatable bonds is 3. The minimum absolute atomic E-state index is 0.0373. The first-order valence-electron chi connectivity index (χ1n) is 9.02. The molecular formula is C21H21BrN2O3. The summed E-state index contributed by atoms with van der Waals surface area (Å²) < 4.78 is 7.72. The highest BCUT2D eigenvalue weighted by atomic mass is 79.9. The Bertz CT molecular complexity index is 939. The molecule has 0 N–H and O–H groups in total. The molecule has 0 fully saturated rings. The molecular weight excluding hydrogens is 408 g/mol. The van der Waals surface area contributed by atoms with Crippen LogP contribution in [0.1, 0.15) is 33.8 Å². The van der Waals surface area contributed by atoms with E-state index in [1.54, 1.807) is 22.8 Å². The molecule has 1 unspecified atom stereocenters. The third kappa shape index (κ3) is 2.97. The van der Waals surface area contributed by atoms with Crippen molar-refractivity contribution in [1.82, 2.24) is 9.47 Å². The second kappa shape index (κ2) is 7.09. The molecule has 0 saturated carbocycles. The van der Waals surface area contributed by atoms with Gasteiger partial charge in [0.15, 0.2) is 5.76 Å². The van der Waals surface area contributed by atoms with Crippen molar-refractivity contribution < 1.29 is 14.0 Å². The number of furan rings is 1. The number of carbonyl (C=O) groups excluding carboxylic acids is 2. The van der Waals surface area contributed by atoms with Crippen LogP contribution in [0.5, 0.6) is 0 Å². The number of likely N-dealkylation sites (N-methyl/N-ethyl adjacent to an activating group) is 1. The summed E-state index contributed by atoms with van der Waals surface area (Å²) in [5, 5.41) is 0. The SMILES string of the molecule is C=Cc1c2c(c(Br)n1C(=O)c1ccco1)CC1C(=CC[C@@H](C=O)CN1C)C2. The maximum Gasteiger partial charge on any atom is 0.298 e. The minimum atomic E-state index is -0.209. The average molecular weight is 429 g/mol. The Labute approximate surface area is 166 Å². The predicted molar refractivity (Wildman–Crippen MR) is 107 cm³/mol. The highest BCUT2D eigenvalue weighted by Gasteiger charge is 2.35. The van der Waals surface area contributed by atoms with Crippen LogP contribution < -0.4 is 0 Å². The molecule has 6 heteroatoms. The minimum Gasteiger partial charge on any atom is -0.459 e. The molecule has 4 rings (SSSR count). The molecule has 0 aromatic carbocycles. The summed E-state index contributed by atoms with van der Waals surface area (Å²) >= 11 is 3.65. The zero-order valence-corrected chi connectivity index (χ0v) is 16.7. The van der Waals surface area contributed by atoms with Crippen molar-refractivity contribution in [2.45, 2.75) is 25.3 Å². The van der Waals surface area contributed by atoms with Gasteiger partial charge in [-0.15, -0.1) is 0 Å². The number of hydrogen-bond acceptors (Lipinski definition) is 4. The molecule has 2 atom stereocenters. The lowest BCUT2D eigenvalue weighted by atomic mass is 9.85. The Kier molecular flexibility index (Phi) is 4.78. The van der Waals surface area contributed by atoms with Crippen LogP contribution in [0.25, 0.3) is 6.08 Å². The van der Waals surface area contributed by atoms with E-state index in [4.69, 9.17) is 4.42 Å². The van der Waals surface area contributed by atoms with Gasteiger partial charge in [-0.1, -0.05) is 18.2 Å². The molecule has 3 heterocycles. The van der Waals surface area contributed by atoms with Gasteiger partial charge in [-0.25, -0.2) is 0 Å². The maximum absolute atomic E-state index is 13.0. The summed E-state index contributed by atoms with van der Waals surface area (Å²) in [6.45, 7) is 4.69. The van der Waals surface area contributed by atoms with Gasteiger partial charge in [0, 0.05) is 18.5 Å². The van der Waals surface area contributed by atoms with Crippen molar-refractivity contribution in [3.63, 3.8) is 0 Å². The van der Waals surface area contributed by atoms with Crippen molar-refractivity contribution in [3.8, 4) is 0 Å². The first kappa shape index (κ1) is 18.2.